The van der Waals surface area contributed by atoms with Crippen LogP contribution < -0.4 is 0 Å². The van der Waals surface area contributed by atoms with Gasteiger partial charge in [-0.05, 0) is 73.7 Å². The van der Waals surface area contributed by atoms with Crippen LogP contribution in [0.4, 0.5) is 0 Å². The van der Waals surface area contributed by atoms with Gasteiger partial charge in [-0.1, -0.05) is 48.5 Å². The van der Waals surface area contributed by atoms with Crippen molar-refractivity contribution in [2.45, 2.75) is 51.1 Å². The molecule has 1 atom stereocenters. The minimum Gasteiger partial charge on any atom is -0.377 e. The van der Waals surface area contributed by atoms with Crippen molar-refractivity contribution in [2.75, 3.05) is 45.9 Å². The molecule has 0 bridgehead atoms. The molecule has 6 heteroatoms. The van der Waals surface area contributed by atoms with Gasteiger partial charge in [0.2, 0.25) is 5.91 Å². The van der Waals surface area contributed by atoms with Crippen LogP contribution in [-0.4, -0.2) is 84.0 Å². The topological polar surface area (TPSA) is 53.1 Å². The summed E-state index contributed by atoms with van der Waals surface area (Å²) in [6, 6.07) is 19.1. The van der Waals surface area contributed by atoms with Crippen molar-refractivity contribution in [3.63, 3.8) is 0 Å². The highest BCUT2D eigenvalue weighted by Gasteiger charge is 2.40. The number of carbonyl (C=O) groups excluding carboxylic acids is 2. The summed E-state index contributed by atoms with van der Waals surface area (Å²) in [5.41, 5.74) is 0.587. The zero-order valence-corrected chi connectivity index (χ0v) is 22.7. The van der Waals surface area contributed by atoms with Crippen molar-refractivity contribution in [1.29, 1.82) is 0 Å². The molecule has 2 amide bonds. The fraction of sp³-hybridized carbons (Fsp3) is 0.500. The van der Waals surface area contributed by atoms with Gasteiger partial charge in [-0.25, -0.2) is 0 Å². The van der Waals surface area contributed by atoms with Crippen LogP contribution in [0.3, 0.4) is 0 Å². The molecule has 3 saturated heterocycles. The van der Waals surface area contributed by atoms with E-state index < -0.39 is 0 Å². The van der Waals surface area contributed by atoms with E-state index >= 15 is 0 Å². The monoisotopic (exact) mass is 513 g/mol. The fourth-order valence-corrected chi connectivity index (χ4v) is 6.86. The second-order valence-corrected chi connectivity index (χ2v) is 11.9. The van der Waals surface area contributed by atoms with E-state index in [0.29, 0.717) is 31.7 Å². The summed E-state index contributed by atoms with van der Waals surface area (Å²) in [5.74, 6) is 0.485. The average molecular weight is 514 g/mol. The number of likely N-dealkylation sites (tertiary alicyclic amines) is 2. The minimum atomic E-state index is -0.241. The molecule has 0 N–H and O–H groups in total. The molecule has 3 heterocycles. The molecule has 3 aromatic rings. The molecule has 6 nitrogen and oxygen atoms in total. The van der Waals surface area contributed by atoms with Crippen LogP contribution in [0.25, 0.3) is 21.5 Å². The Kier molecular flexibility index (Phi) is 6.87. The van der Waals surface area contributed by atoms with Crippen molar-refractivity contribution in [1.82, 2.24) is 14.7 Å². The van der Waals surface area contributed by atoms with Gasteiger partial charge in [-0.15, -0.1) is 0 Å². The molecule has 3 aromatic carbocycles. The van der Waals surface area contributed by atoms with E-state index in [1.54, 1.807) is 0 Å². The maximum Gasteiger partial charge on any atom is 0.255 e. The molecular formula is C32H39N3O3. The Hall–Kier alpha value is -2.96. The van der Waals surface area contributed by atoms with Gasteiger partial charge in [-0.3, -0.25) is 14.5 Å². The first-order valence-electron chi connectivity index (χ1n) is 14.3. The van der Waals surface area contributed by atoms with Crippen molar-refractivity contribution in [3.8, 4) is 0 Å². The molecule has 0 spiro atoms. The summed E-state index contributed by atoms with van der Waals surface area (Å²) in [4.78, 5) is 34.1. The maximum atomic E-state index is 13.9. The minimum absolute atomic E-state index is 0.0582. The van der Waals surface area contributed by atoms with Gasteiger partial charge >= 0.3 is 0 Å². The van der Waals surface area contributed by atoms with Crippen LogP contribution in [0.5, 0.6) is 0 Å². The van der Waals surface area contributed by atoms with E-state index in [-0.39, 0.29) is 17.4 Å². The summed E-state index contributed by atoms with van der Waals surface area (Å²) in [6.07, 6.45) is 3.94. The first-order chi connectivity index (χ1) is 18.4. The SMILES string of the molecule is CC1(C)COCCN1C(=O)[C@@H]1CCCN(C2CCN(C(=O)c3c4ccccc4cc4ccccc34)CC2)C1. The van der Waals surface area contributed by atoms with Crippen LogP contribution in [0.1, 0.15) is 49.9 Å². The van der Waals surface area contributed by atoms with E-state index in [4.69, 9.17) is 4.74 Å². The molecule has 6 rings (SSSR count). The summed E-state index contributed by atoms with van der Waals surface area (Å²) in [5, 5.41) is 4.28. The summed E-state index contributed by atoms with van der Waals surface area (Å²) < 4.78 is 5.64. The number of benzene rings is 3. The van der Waals surface area contributed by atoms with Gasteiger partial charge in [0.1, 0.15) is 0 Å². The van der Waals surface area contributed by atoms with E-state index in [9.17, 15) is 9.59 Å². The van der Waals surface area contributed by atoms with Gasteiger partial charge in [0.15, 0.2) is 0 Å². The summed E-state index contributed by atoms with van der Waals surface area (Å²) in [6.45, 7) is 9.53. The Morgan fingerprint density at radius 2 is 1.53 bits per heavy atom. The summed E-state index contributed by atoms with van der Waals surface area (Å²) in [7, 11) is 0. The second kappa shape index (κ2) is 10.3. The molecule has 0 unspecified atom stereocenters. The van der Waals surface area contributed by atoms with Gasteiger partial charge in [0.05, 0.1) is 30.2 Å². The van der Waals surface area contributed by atoms with Gasteiger partial charge in [0.25, 0.3) is 5.91 Å². The molecule has 3 aliphatic heterocycles. The van der Waals surface area contributed by atoms with Gasteiger partial charge < -0.3 is 14.5 Å². The predicted molar refractivity (Wildman–Crippen MR) is 151 cm³/mol. The number of fused-ring (bicyclic) bond motifs is 2. The zero-order valence-electron chi connectivity index (χ0n) is 22.7. The zero-order chi connectivity index (χ0) is 26.3. The van der Waals surface area contributed by atoms with Gasteiger partial charge in [-0.2, -0.15) is 0 Å². The van der Waals surface area contributed by atoms with Crippen molar-refractivity contribution < 1.29 is 14.3 Å². The number of carbonyl (C=O) groups is 2. The van der Waals surface area contributed by atoms with Crippen LogP contribution >= 0.6 is 0 Å². The molecule has 3 aliphatic rings. The highest BCUT2D eigenvalue weighted by atomic mass is 16.5. The molecular weight excluding hydrogens is 474 g/mol. The lowest BCUT2D eigenvalue weighted by Crippen LogP contribution is -2.59. The fourth-order valence-electron chi connectivity index (χ4n) is 6.86. The van der Waals surface area contributed by atoms with E-state index in [0.717, 1.165) is 79.0 Å². The Bertz CT molecular complexity index is 1290. The van der Waals surface area contributed by atoms with Crippen molar-refractivity contribution >= 4 is 33.4 Å². The number of morpholine rings is 1. The van der Waals surface area contributed by atoms with Crippen molar-refractivity contribution in [2.24, 2.45) is 5.92 Å². The Morgan fingerprint density at radius 3 is 2.18 bits per heavy atom. The van der Waals surface area contributed by atoms with Crippen LogP contribution in [-0.2, 0) is 9.53 Å². The number of piperidine rings is 2. The van der Waals surface area contributed by atoms with E-state index in [2.05, 4.69) is 54.0 Å². The Labute approximate surface area is 225 Å². The largest absolute Gasteiger partial charge is 0.377 e. The Balaban J connectivity index is 1.14. The molecule has 3 fully saturated rings. The lowest BCUT2D eigenvalue weighted by atomic mass is 9.90. The Morgan fingerprint density at radius 1 is 0.868 bits per heavy atom. The molecule has 0 saturated carbocycles. The highest BCUT2D eigenvalue weighted by molar-refractivity contribution is 6.18. The number of hydrogen-bond donors (Lipinski definition) is 0. The first kappa shape index (κ1) is 25.3. The van der Waals surface area contributed by atoms with Crippen LogP contribution in [0.2, 0.25) is 0 Å². The molecule has 0 radical (unpaired) electrons. The first-order valence-corrected chi connectivity index (χ1v) is 14.3. The summed E-state index contributed by atoms with van der Waals surface area (Å²) >= 11 is 0. The molecule has 0 aromatic heterocycles. The van der Waals surface area contributed by atoms with Gasteiger partial charge in [0, 0.05) is 32.2 Å². The predicted octanol–water partition coefficient (Wildman–Crippen LogP) is 4.95. The third-order valence-corrected chi connectivity index (χ3v) is 8.97. The third kappa shape index (κ3) is 4.69. The number of rotatable bonds is 3. The second-order valence-electron chi connectivity index (χ2n) is 11.9. The van der Waals surface area contributed by atoms with Crippen LogP contribution in [0.15, 0.2) is 54.6 Å². The highest BCUT2D eigenvalue weighted by Crippen LogP contribution is 2.32. The maximum absolute atomic E-state index is 13.9. The smallest absolute Gasteiger partial charge is 0.255 e. The average Bonchev–Trinajstić information content (AvgIpc) is 2.95. The molecule has 0 aliphatic carbocycles. The lowest BCUT2D eigenvalue weighted by Gasteiger charge is -2.46. The number of ether oxygens (including phenoxy) is 1. The molecule has 200 valence electrons. The number of amides is 2. The van der Waals surface area contributed by atoms with E-state index in [1.807, 2.05) is 29.2 Å². The normalized spacial score (nSPS) is 23.2. The third-order valence-electron chi connectivity index (χ3n) is 8.97. The van der Waals surface area contributed by atoms with E-state index in [1.165, 1.54) is 0 Å². The lowest BCUT2D eigenvalue weighted by molar-refractivity contribution is -0.153. The standard InChI is InChI=1S/C32H39N3O3/c1-32(2)22-38-19-18-35(32)30(36)25-10-7-15-34(21-25)26-13-16-33(17-14-26)31(37)29-27-11-5-3-8-23(27)20-24-9-4-6-12-28(24)29/h3-6,8-9,11-12,20,25-26H,7,10,13-19,21-22H2,1-2H3/t25-/m1/s1. The number of nitrogens with zero attached hydrogens (tertiary/aromatic N) is 3. The van der Waals surface area contributed by atoms with Crippen LogP contribution in [0, 0.1) is 5.92 Å². The quantitative estimate of drug-likeness (QED) is 0.465. The number of hydrogen-bond acceptors (Lipinski definition) is 4. The molecule has 38 heavy (non-hydrogen) atoms. The van der Waals surface area contributed by atoms with Crippen molar-refractivity contribution in [3.05, 3.63) is 60.2 Å².